The van der Waals surface area contributed by atoms with E-state index in [0.29, 0.717) is 44.2 Å². The van der Waals surface area contributed by atoms with Gasteiger partial charge in [-0.05, 0) is 31.2 Å². The maximum absolute atomic E-state index is 13.2. The number of aryl methyl sites for hydroxylation is 1. The van der Waals surface area contributed by atoms with Gasteiger partial charge in [0, 0.05) is 65.0 Å². The van der Waals surface area contributed by atoms with E-state index in [-0.39, 0.29) is 30.0 Å². The normalized spacial score (nSPS) is 19.2. The minimum atomic E-state index is -0.370. The number of carbonyl (C=O) groups excluding carboxylic acids is 2. The third kappa shape index (κ3) is 4.45. The molecule has 0 aliphatic carbocycles. The van der Waals surface area contributed by atoms with Crippen LogP contribution in [0.2, 0.25) is 0 Å². The first-order chi connectivity index (χ1) is 14.8. The van der Waals surface area contributed by atoms with Crippen LogP contribution >= 0.6 is 0 Å². The fraction of sp³-hybridized carbons (Fsp3) is 0.455. The van der Waals surface area contributed by atoms with Gasteiger partial charge in [-0.25, -0.2) is 14.4 Å². The summed E-state index contributed by atoms with van der Waals surface area (Å²) in [5.41, 5.74) is 0.627. The van der Waals surface area contributed by atoms with Gasteiger partial charge >= 0.3 is 0 Å². The third-order valence-electron chi connectivity index (χ3n) is 5.80. The van der Waals surface area contributed by atoms with E-state index in [4.69, 9.17) is 0 Å². The van der Waals surface area contributed by atoms with Crippen LogP contribution in [-0.2, 0) is 9.59 Å². The molecular weight excluding hydrogens is 399 g/mol. The summed E-state index contributed by atoms with van der Waals surface area (Å²) in [6.07, 6.45) is 0.188. The highest BCUT2D eigenvalue weighted by Gasteiger charge is 2.38. The summed E-state index contributed by atoms with van der Waals surface area (Å²) in [5, 5.41) is 0. The number of aromatic nitrogens is 2. The van der Waals surface area contributed by atoms with Gasteiger partial charge in [0.25, 0.3) is 0 Å². The van der Waals surface area contributed by atoms with Crippen LogP contribution in [-0.4, -0.2) is 73.5 Å². The lowest BCUT2D eigenvalue weighted by atomic mass is 10.1. The number of carbonyl (C=O) groups is 2. The van der Waals surface area contributed by atoms with Crippen molar-refractivity contribution in [2.75, 3.05) is 61.5 Å². The molecule has 9 heteroatoms. The largest absolute Gasteiger partial charge is 0.363 e. The topological polar surface area (TPSA) is 72.9 Å². The number of hydrogen-bond donors (Lipinski definition) is 0. The van der Waals surface area contributed by atoms with E-state index < -0.39 is 0 Å². The quantitative estimate of drug-likeness (QED) is 0.741. The standard InChI is InChI=1S/C22H27FN6O2/c1-15-24-19(26(2)3)13-20(25-15)27-8-10-28(11-9-27)22(31)16-12-21(30)29(14-16)18-6-4-17(23)5-7-18/h4-7,13,16H,8-12,14H2,1-3H3. The molecule has 8 nitrogen and oxygen atoms in total. The zero-order valence-electron chi connectivity index (χ0n) is 18.1. The summed E-state index contributed by atoms with van der Waals surface area (Å²) in [7, 11) is 3.89. The van der Waals surface area contributed by atoms with E-state index >= 15 is 0 Å². The number of nitrogens with zero attached hydrogens (tertiary/aromatic N) is 6. The Kier molecular flexibility index (Phi) is 5.75. The Morgan fingerprint density at radius 1 is 1.10 bits per heavy atom. The van der Waals surface area contributed by atoms with Crippen molar-refractivity contribution in [3.05, 3.63) is 42.0 Å². The van der Waals surface area contributed by atoms with E-state index in [1.54, 1.807) is 17.0 Å². The van der Waals surface area contributed by atoms with Crippen molar-refractivity contribution in [1.29, 1.82) is 0 Å². The van der Waals surface area contributed by atoms with Gasteiger partial charge in [-0.1, -0.05) is 0 Å². The summed E-state index contributed by atoms with van der Waals surface area (Å²) < 4.78 is 13.2. The van der Waals surface area contributed by atoms with Gasteiger partial charge in [0.2, 0.25) is 11.8 Å². The zero-order valence-corrected chi connectivity index (χ0v) is 18.1. The van der Waals surface area contributed by atoms with Gasteiger partial charge in [0.15, 0.2) is 0 Å². The van der Waals surface area contributed by atoms with Crippen molar-refractivity contribution < 1.29 is 14.0 Å². The number of halogens is 1. The molecule has 0 saturated carbocycles. The molecule has 2 saturated heterocycles. The van der Waals surface area contributed by atoms with Crippen LogP contribution in [0.5, 0.6) is 0 Å². The van der Waals surface area contributed by atoms with Crippen LogP contribution < -0.4 is 14.7 Å². The van der Waals surface area contributed by atoms with Crippen LogP contribution in [0.15, 0.2) is 30.3 Å². The summed E-state index contributed by atoms with van der Waals surface area (Å²) in [4.78, 5) is 42.0. The zero-order chi connectivity index (χ0) is 22.1. The first-order valence-corrected chi connectivity index (χ1v) is 10.4. The third-order valence-corrected chi connectivity index (χ3v) is 5.80. The second-order valence-electron chi connectivity index (χ2n) is 8.22. The molecule has 2 aliphatic heterocycles. The SMILES string of the molecule is Cc1nc(N(C)C)cc(N2CCN(C(=O)C3CC(=O)N(c4ccc(F)cc4)C3)CC2)n1. The Bertz CT molecular complexity index is 972. The molecule has 164 valence electrons. The number of rotatable bonds is 4. The Morgan fingerprint density at radius 3 is 2.42 bits per heavy atom. The Hall–Kier alpha value is -3.23. The molecule has 0 radical (unpaired) electrons. The van der Waals surface area contributed by atoms with E-state index in [0.717, 1.165) is 11.6 Å². The minimum absolute atomic E-state index is 0.00506. The minimum Gasteiger partial charge on any atom is -0.363 e. The first-order valence-electron chi connectivity index (χ1n) is 10.4. The molecule has 4 rings (SSSR count). The number of hydrogen-bond acceptors (Lipinski definition) is 6. The highest BCUT2D eigenvalue weighted by molar-refractivity contribution is 6.00. The highest BCUT2D eigenvalue weighted by atomic mass is 19.1. The van der Waals surface area contributed by atoms with Gasteiger partial charge in [0.05, 0.1) is 5.92 Å². The average Bonchev–Trinajstić information content (AvgIpc) is 3.15. The molecule has 2 fully saturated rings. The Morgan fingerprint density at radius 2 is 1.77 bits per heavy atom. The molecule has 2 aliphatic rings. The van der Waals surface area contributed by atoms with Gasteiger partial charge in [-0.15, -0.1) is 0 Å². The molecule has 1 unspecified atom stereocenters. The maximum Gasteiger partial charge on any atom is 0.228 e. The van der Waals surface area contributed by atoms with Crippen LogP contribution in [0.4, 0.5) is 21.7 Å². The average molecular weight is 426 g/mol. The van der Waals surface area contributed by atoms with Crippen LogP contribution in [0.25, 0.3) is 0 Å². The van der Waals surface area contributed by atoms with Gasteiger partial charge in [0.1, 0.15) is 23.3 Å². The van der Waals surface area contributed by atoms with Crippen molar-refractivity contribution >= 4 is 29.1 Å². The molecule has 2 aromatic rings. The summed E-state index contributed by atoms with van der Waals surface area (Å²) in [6, 6.07) is 7.76. The fourth-order valence-corrected chi connectivity index (χ4v) is 4.09. The van der Waals surface area contributed by atoms with Crippen LogP contribution in [0, 0.1) is 18.7 Å². The lowest BCUT2D eigenvalue weighted by Gasteiger charge is -2.36. The molecule has 1 aromatic carbocycles. The summed E-state index contributed by atoms with van der Waals surface area (Å²) in [6.45, 7) is 4.73. The molecule has 0 bridgehead atoms. The van der Waals surface area contributed by atoms with E-state index in [1.807, 2.05) is 36.9 Å². The molecule has 3 heterocycles. The molecule has 1 atom stereocenters. The van der Waals surface area contributed by atoms with Gasteiger partial charge < -0.3 is 19.6 Å². The highest BCUT2D eigenvalue weighted by Crippen LogP contribution is 2.27. The van der Waals surface area contributed by atoms with Crippen LogP contribution in [0.1, 0.15) is 12.2 Å². The fourth-order valence-electron chi connectivity index (χ4n) is 4.09. The second kappa shape index (κ2) is 8.49. The van der Waals surface area contributed by atoms with E-state index in [1.165, 1.54) is 12.1 Å². The lowest BCUT2D eigenvalue weighted by molar-refractivity contribution is -0.136. The first kappa shape index (κ1) is 21.0. The monoisotopic (exact) mass is 426 g/mol. The van der Waals surface area contributed by atoms with Gasteiger partial charge in [-0.3, -0.25) is 9.59 Å². The van der Waals surface area contributed by atoms with Crippen molar-refractivity contribution in [1.82, 2.24) is 14.9 Å². The molecular formula is C22H27FN6O2. The van der Waals surface area contributed by atoms with Crippen LogP contribution in [0.3, 0.4) is 0 Å². The molecule has 0 N–H and O–H groups in total. The number of piperazine rings is 1. The Labute approximate surface area is 181 Å². The van der Waals surface area contributed by atoms with Gasteiger partial charge in [-0.2, -0.15) is 0 Å². The lowest BCUT2D eigenvalue weighted by Crippen LogP contribution is -2.51. The molecule has 31 heavy (non-hydrogen) atoms. The van der Waals surface area contributed by atoms with E-state index in [9.17, 15) is 14.0 Å². The summed E-state index contributed by atoms with van der Waals surface area (Å²) >= 11 is 0. The molecule has 1 aromatic heterocycles. The summed E-state index contributed by atoms with van der Waals surface area (Å²) in [5.74, 6) is 1.61. The van der Waals surface area contributed by atoms with Crippen molar-refractivity contribution in [2.24, 2.45) is 5.92 Å². The smallest absolute Gasteiger partial charge is 0.228 e. The number of amides is 2. The second-order valence-corrected chi connectivity index (χ2v) is 8.22. The van der Waals surface area contributed by atoms with Crippen molar-refractivity contribution in [2.45, 2.75) is 13.3 Å². The Balaban J connectivity index is 1.38. The maximum atomic E-state index is 13.2. The molecule has 0 spiro atoms. The predicted octanol–water partition coefficient (Wildman–Crippen LogP) is 1.69. The number of benzene rings is 1. The van der Waals surface area contributed by atoms with E-state index in [2.05, 4.69) is 14.9 Å². The predicted molar refractivity (Wildman–Crippen MR) is 117 cm³/mol. The van der Waals surface area contributed by atoms with Crippen molar-refractivity contribution in [3.8, 4) is 0 Å². The molecule has 2 amide bonds. The number of anilines is 3. The van der Waals surface area contributed by atoms with Crippen molar-refractivity contribution in [3.63, 3.8) is 0 Å².